The average molecular weight is 390 g/mol. The number of rotatable bonds is 6. The molecule has 1 N–H and O–H groups in total. The van der Waals surface area contributed by atoms with Crippen molar-refractivity contribution in [2.45, 2.75) is 6.42 Å². The predicted molar refractivity (Wildman–Crippen MR) is 113 cm³/mol. The molecule has 2 heterocycles. The Morgan fingerprint density at radius 2 is 2.03 bits per heavy atom. The van der Waals surface area contributed by atoms with Crippen molar-refractivity contribution in [1.82, 2.24) is 20.0 Å². The highest BCUT2D eigenvalue weighted by Crippen LogP contribution is 2.29. The summed E-state index contributed by atoms with van der Waals surface area (Å²) in [6, 6.07) is 17.6. The van der Waals surface area contributed by atoms with Gasteiger partial charge in [-0.3, -0.25) is 4.79 Å². The van der Waals surface area contributed by atoms with Gasteiger partial charge >= 0.3 is 0 Å². The third-order valence-electron chi connectivity index (χ3n) is 5.37. The zero-order chi connectivity index (χ0) is 20.2. The molecule has 4 rings (SSSR count). The fraction of sp³-hybridized carbons (Fsp3) is 0.304. The molecular formula is C23H26N4O2. The van der Waals surface area contributed by atoms with Crippen LogP contribution in [0.1, 0.15) is 16.8 Å². The molecule has 0 radical (unpaired) electrons. The summed E-state index contributed by atoms with van der Waals surface area (Å²) >= 11 is 0. The second kappa shape index (κ2) is 8.49. The van der Waals surface area contributed by atoms with Crippen molar-refractivity contribution in [3.8, 4) is 22.7 Å². The molecule has 1 aromatic heterocycles. The first-order valence-corrected chi connectivity index (χ1v) is 9.93. The zero-order valence-corrected chi connectivity index (χ0v) is 16.8. The number of likely N-dealkylation sites (tertiary alicyclic amines) is 1. The Hall–Kier alpha value is -3.12. The van der Waals surface area contributed by atoms with Crippen LogP contribution in [0, 0.1) is 5.92 Å². The SMILES string of the molecule is CNC[C@H]1CCN(C(=O)c2cn(-c3ccccc3)nc2-c2cccc(OC)c2)C1. The third-order valence-corrected chi connectivity index (χ3v) is 5.37. The summed E-state index contributed by atoms with van der Waals surface area (Å²) < 4.78 is 7.15. The van der Waals surface area contributed by atoms with Gasteiger partial charge in [0, 0.05) is 24.8 Å². The van der Waals surface area contributed by atoms with E-state index in [-0.39, 0.29) is 5.91 Å². The standard InChI is InChI=1S/C23H26N4O2/c1-24-14-17-11-12-26(15-17)23(28)21-16-27(19-8-4-3-5-9-19)25-22(21)18-7-6-10-20(13-18)29-2/h3-10,13,16-17,24H,11-12,14-15H2,1-2H3/t17-/m1/s1. The van der Waals surface area contributed by atoms with Crippen LogP contribution in [-0.4, -0.2) is 54.4 Å². The largest absolute Gasteiger partial charge is 0.497 e. The number of aromatic nitrogens is 2. The number of carbonyl (C=O) groups excluding carboxylic acids is 1. The summed E-state index contributed by atoms with van der Waals surface area (Å²) in [5.41, 5.74) is 3.08. The third kappa shape index (κ3) is 4.03. The summed E-state index contributed by atoms with van der Waals surface area (Å²) in [5.74, 6) is 1.27. The number of methoxy groups -OCH3 is 1. The summed E-state index contributed by atoms with van der Waals surface area (Å²) in [4.78, 5) is 15.4. The molecule has 6 heteroatoms. The minimum atomic E-state index is 0.0311. The number of para-hydroxylation sites is 1. The lowest BCUT2D eigenvalue weighted by molar-refractivity contribution is 0.0788. The highest BCUT2D eigenvalue weighted by Gasteiger charge is 2.29. The molecule has 29 heavy (non-hydrogen) atoms. The summed E-state index contributed by atoms with van der Waals surface area (Å²) in [6.07, 6.45) is 2.87. The van der Waals surface area contributed by atoms with Gasteiger partial charge in [-0.25, -0.2) is 4.68 Å². The number of hydrogen-bond acceptors (Lipinski definition) is 4. The highest BCUT2D eigenvalue weighted by molar-refractivity contribution is 6.00. The average Bonchev–Trinajstić information content (AvgIpc) is 3.42. The van der Waals surface area contributed by atoms with Crippen molar-refractivity contribution in [2.75, 3.05) is 33.8 Å². The van der Waals surface area contributed by atoms with Gasteiger partial charge in [-0.2, -0.15) is 5.10 Å². The molecule has 1 fully saturated rings. The first-order chi connectivity index (χ1) is 14.2. The zero-order valence-electron chi connectivity index (χ0n) is 16.8. The van der Waals surface area contributed by atoms with Gasteiger partial charge in [0.1, 0.15) is 11.4 Å². The van der Waals surface area contributed by atoms with E-state index in [0.717, 1.165) is 43.1 Å². The van der Waals surface area contributed by atoms with Gasteiger partial charge < -0.3 is 15.0 Å². The van der Waals surface area contributed by atoms with Crippen LogP contribution in [0.3, 0.4) is 0 Å². The van der Waals surface area contributed by atoms with Gasteiger partial charge in [0.15, 0.2) is 0 Å². The maximum atomic E-state index is 13.4. The number of nitrogens with one attached hydrogen (secondary N) is 1. The summed E-state index contributed by atoms with van der Waals surface area (Å²) in [5, 5.41) is 7.99. The number of amides is 1. The molecule has 0 saturated carbocycles. The monoisotopic (exact) mass is 390 g/mol. The lowest BCUT2D eigenvalue weighted by Crippen LogP contribution is -2.30. The highest BCUT2D eigenvalue weighted by atomic mass is 16.5. The van der Waals surface area contributed by atoms with E-state index in [4.69, 9.17) is 9.84 Å². The van der Waals surface area contributed by atoms with Crippen LogP contribution in [0.4, 0.5) is 0 Å². The van der Waals surface area contributed by atoms with Gasteiger partial charge in [0.25, 0.3) is 5.91 Å². The van der Waals surface area contributed by atoms with Crippen molar-refractivity contribution < 1.29 is 9.53 Å². The molecule has 1 aliphatic heterocycles. The van der Waals surface area contributed by atoms with E-state index in [1.807, 2.05) is 72.7 Å². The molecule has 3 aromatic rings. The number of benzene rings is 2. The Kier molecular flexibility index (Phi) is 5.62. The van der Waals surface area contributed by atoms with Gasteiger partial charge in [-0.15, -0.1) is 0 Å². The fourth-order valence-electron chi connectivity index (χ4n) is 3.87. The predicted octanol–water partition coefficient (Wildman–Crippen LogP) is 3.23. The van der Waals surface area contributed by atoms with Crippen LogP contribution in [-0.2, 0) is 0 Å². The van der Waals surface area contributed by atoms with E-state index >= 15 is 0 Å². The molecule has 2 aromatic carbocycles. The molecule has 1 amide bonds. The van der Waals surface area contributed by atoms with Gasteiger partial charge in [0.2, 0.25) is 0 Å². The van der Waals surface area contributed by atoms with E-state index in [1.165, 1.54) is 0 Å². The van der Waals surface area contributed by atoms with Crippen LogP contribution in [0.15, 0.2) is 60.8 Å². The van der Waals surface area contributed by atoms with E-state index < -0.39 is 0 Å². The van der Waals surface area contributed by atoms with Crippen LogP contribution in [0.25, 0.3) is 16.9 Å². The fourth-order valence-corrected chi connectivity index (χ4v) is 3.87. The molecular weight excluding hydrogens is 364 g/mol. The number of nitrogens with zero attached hydrogens (tertiary/aromatic N) is 3. The molecule has 0 aliphatic carbocycles. The minimum absolute atomic E-state index is 0.0311. The lowest BCUT2D eigenvalue weighted by Gasteiger charge is -2.16. The van der Waals surface area contributed by atoms with Crippen molar-refractivity contribution in [1.29, 1.82) is 0 Å². The molecule has 0 bridgehead atoms. The van der Waals surface area contributed by atoms with Crippen molar-refractivity contribution in [3.05, 3.63) is 66.4 Å². The molecule has 6 nitrogen and oxygen atoms in total. The van der Waals surface area contributed by atoms with Gasteiger partial charge in [0.05, 0.1) is 18.4 Å². The Bertz CT molecular complexity index is 984. The van der Waals surface area contributed by atoms with Crippen LogP contribution in [0.2, 0.25) is 0 Å². The Morgan fingerprint density at radius 1 is 1.21 bits per heavy atom. The topological polar surface area (TPSA) is 59.4 Å². The van der Waals surface area contributed by atoms with Crippen molar-refractivity contribution in [3.63, 3.8) is 0 Å². The van der Waals surface area contributed by atoms with Crippen LogP contribution < -0.4 is 10.1 Å². The van der Waals surface area contributed by atoms with E-state index in [1.54, 1.807) is 11.8 Å². The maximum Gasteiger partial charge on any atom is 0.257 e. The normalized spacial score (nSPS) is 16.2. The van der Waals surface area contributed by atoms with Crippen LogP contribution >= 0.6 is 0 Å². The second-order valence-corrected chi connectivity index (χ2v) is 7.37. The molecule has 0 spiro atoms. The Balaban J connectivity index is 1.73. The number of ether oxygens (including phenoxy) is 1. The molecule has 150 valence electrons. The first kappa shape index (κ1) is 19.2. The van der Waals surface area contributed by atoms with Crippen molar-refractivity contribution >= 4 is 5.91 Å². The molecule has 0 unspecified atom stereocenters. The quantitative estimate of drug-likeness (QED) is 0.702. The Labute approximate surface area is 171 Å². The number of carbonyl (C=O) groups is 1. The van der Waals surface area contributed by atoms with E-state index in [9.17, 15) is 4.79 Å². The van der Waals surface area contributed by atoms with E-state index in [0.29, 0.717) is 17.2 Å². The van der Waals surface area contributed by atoms with Gasteiger partial charge in [-0.1, -0.05) is 30.3 Å². The molecule has 1 aliphatic rings. The maximum absolute atomic E-state index is 13.4. The first-order valence-electron chi connectivity index (χ1n) is 9.93. The second-order valence-electron chi connectivity index (χ2n) is 7.37. The van der Waals surface area contributed by atoms with Crippen molar-refractivity contribution in [2.24, 2.45) is 5.92 Å². The number of hydrogen-bond donors (Lipinski definition) is 1. The summed E-state index contributed by atoms with van der Waals surface area (Å²) in [6.45, 7) is 2.47. The molecule has 1 atom stereocenters. The smallest absolute Gasteiger partial charge is 0.257 e. The lowest BCUT2D eigenvalue weighted by atomic mass is 10.1. The summed E-state index contributed by atoms with van der Waals surface area (Å²) in [7, 11) is 3.59. The van der Waals surface area contributed by atoms with E-state index in [2.05, 4.69) is 5.32 Å². The van der Waals surface area contributed by atoms with Crippen LogP contribution in [0.5, 0.6) is 5.75 Å². The molecule has 1 saturated heterocycles. The minimum Gasteiger partial charge on any atom is -0.497 e. The Morgan fingerprint density at radius 3 is 2.79 bits per heavy atom. The van der Waals surface area contributed by atoms with Gasteiger partial charge in [-0.05, 0) is 50.2 Å².